The highest BCUT2D eigenvalue weighted by Gasteiger charge is 2.66. The fourth-order valence-electron chi connectivity index (χ4n) is 5.62. The zero-order chi connectivity index (χ0) is 11.3. The summed E-state index contributed by atoms with van der Waals surface area (Å²) in [6.07, 6.45) is 4.99. The molecule has 4 bridgehead atoms. The molecule has 3 fully saturated rings. The first-order valence-electron chi connectivity index (χ1n) is 6.75. The fraction of sp³-hybridized carbons (Fsp3) is 0.714. The summed E-state index contributed by atoms with van der Waals surface area (Å²) in [5.41, 5.74) is 3.19. The third-order valence-electron chi connectivity index (χ3n) is 5.95. The minimum Gasteiger partial charge on any atom is -0.393 e. The topological polar surface area (TPSA) is 43.4 Å². The molecule has 3 nitrogen and oxygen atoms in total. The maximum Gasteiger partial charge on any atom is 0.318 e. The predicted octanol–water partition coefficient (Wildman–Crippen LogP) is 1.68. The summed E-state index contributed by atoms with van der Waals surface area (Å²) < 4.78 is 4.86. The van der Waals surface area contributed by atoms with Crippen molar-refractivity contribution in [3.8, 4) is 0 Å². The number of rotatable bonds is 0. The summed E-state index contributed by atoms with van der Waals surface area (Å²) >= 11 is 0. The van der Waals surface area contributed by atoms with E-state index in [-0.39, 0.29) is 23.8 Å². The Bertz CT molecular complexity index is 462. The number of hydrogen-bond donors (Lipinski definition) is 0. The molecule has 5 rings (SSSR count). The Hall–Kier alpha value is -1.12. The van der Waals surface area contributed by atoms with Crippen LogP contribution in [0.4, 0.5) is 0 Å². The van der Waals surface area contributed by atoms with Crippen molar-refractivity contribution in [1.82, 2.24) is 0 Å². The monoisotopic (exact) mass is 230 g/mol. The van der Waals surface area contributed by atoms with Gasteiger partial charge in [-0.05, 0) is 49.4 Å². The lowest BCUT2D eigenvalue weighted by molar-refractivity contribution is -0.154. The van der Waals surface area contributed by atoms with E-state index in [2.05, 4.69) is 0 Å². The van der Waals surface area contributed by atoms with E-state index in [0.717, 1.165) is 18.3 Å². The number of carbonyl (C=O) groups is 2. The molecule has 3 heteroatoms. The number of cyclic esters (lactones) is 2. The Kier molecular flexibility index (Phi) is 1.31. The highest BCUT2D eigenvalue weighted by atomic mass is 16.6. The van der Waals surface area contributed by atoms with Gasteiger partial charge in [-0.3, -0.25) is 9.59 Å². The van der Waals surface area contributed by atoms with E-state index in [1.165, 1.54) is 19.3 Å². The molecule has 88 valence electrons. The van der Waals surface area contributed by atoms with Gasteiger partial charge >= 0.3 is 11.9 Å². The number of esters is 2. The van der Waals surface area contributed by atoms with E-state index in [1.54, 1.807) is 11.1 Å². The molecule has 17 heavy (non-hydrogen) atoms. The minimum atomic E-state index is -0.234. The second kappa shape index (κ2) is 2.50. The first-order chi connectivity index (χ1) is 8.25. The molecule has 6 unspecified atom stereocenters. The van der Waals surface area contributed by atoms with E-state index in [4.69, 9.17) is 4.74 Å². The lowest BCUT2D eigenvalue weighted by Gasteiger charge is -2.28. The molecule has 2 saturated carbocycles. The van der Waals surface area contributed by atoms with Crippen LogP contribution in [-0.2, 0) is 14.3 Å². The molecule has 5 aliphatic rings. The zero-order valence-electron chi connectivity index (χ0n) is 9.52. The van der Waals surface area contributed by atoms with Gasteiger partial charge in [0.1, 0.15) is 0 Å². The van der Waals surface area contributed by atoms with Gasteiger partial charge in [-0.15, -0.1) is 0 Å². The van der Waals surface area contributed by atoms with Crippen LogP contribution >= 0.6 is 0 Å². The van der Waals surface area contributed by atoms with Gasteiger partial charge in [0.25, 0.3) is 0 Å². The highest BCUT2D eigenvalue weighted by Crippen LogP contribution is 2.68. The summed E-state index contributed by atoms with van der Waals surface area (Å²) in [5, 5.41) is 0. The Balaban J connectivity index is 1.69. The second-order valence-electron chi connectivity index (χ2n) is 6.36. The Morgan fingerprint density at radius 1 is 0.824 bits per heavy atom. The number of fused-ring (bicyclic) bond motifs is 11. The third kappa shape index (κ3) is 0.791. The summed E-state index contributed by atoms with van der Waals surface area (Å²) in [5.74, 6) is 1.55. The molecule has 0 spiro atoms. The van der Waals surface area contributed by atoms with E-state index < -0.39 is 0 Å². The Morgan fingerprint density at radius 2 is 1.35 bits per heavy atom. The summed E-state index contributed by atoms with van der Waals surface area (Å²) in [4.78, 5) is 23.6. The third-order valence-corrected chi connectivity index (χ3v) is 5.95. The normalized spacial score (nSPS) is 53.4. The van der Waals surface area contributed by atoms with Crippen LogP contribution in [0.2, 0.25) is 0 Å². The molecule has 0 amide bonds. The molecule has 6 atom stereocenters. The van der Waals surface area contributed by atoms with Gasteiger partial charge in [0.15, 0.2) is 0 Å². The minimum absolute atomic E-state index is 0.106. The molecule has 1 saturated heterocycles. The average molecular weight is 230 g/mol. The van der Waals surface area contributed by atoms with Gasteiger partial charge < -0.3 is 4.74 Å². The molecule has 1 heterocycles. The van der Waals surface area contributed by atoms with Crippen molar-refractivity contribution < 1.29 is 14.3 Å². The van der Waals surface area contributed by atoms with Gasteiger partial charge in [-0.1, -0.05) is 11.1 Å². The molecule has 0 radical (unpaired) electrons. The van der Waals surface area contributed by atoms with Crippen LogP contribution < -0.4 is 0 Å². The highest BCUT2D eigenvalue weighted by molar-refractivity contribution is 5.98. The van der Waals surface area contributed by atoms with Crippen LogP contribution in [0.1, 0.15) is 25.7 Å². The number of ether oxygens (including phenoxy) is 1. The standard InChI is InChI=1S/C14H14O3/c15-13-11-7-4-8(12(11)14(16)17-13)10-6-2-1-5(3-6)9(7)10/h5-8,11-12H,1-4H2. The molecular weight excluding hydrogens is 216 g/mol. The second-order valence-corrected chi connectivity index (χ2v) is 6.36. The van der Waals surface area contributed by atoms with Crippen molar-refractivity contribution in [2.45, 2.75) is 25.7 Å². The number of hydrogen-bond acceptors (Lipinski definition) is 3. The Morgan fingerprint density at radius 3 is 1.88 bits per heavy atom. The maximum atomic E-state index is 11.8. The quantitative estimate of drug-likeness (QED) is 0.275. The van der Waals surface area contributed by atoms with Crippen LogP contribution in [0.25, 0.3) is 0 Å². The van der Waals surface area contributed by atoms with E-state index in [0.29, 0.717) is 11.8 Å². The molecule has 0 N–H and O–H groups in total. The zero-order valence-corrected chi connectivity index (χ0v) is 9.52. The predicted molar refractivity (Wildman–Crippen MR) is 57.5 cm³/mol. The maximum absolute atomic E-state index is 11.8. The number of carbonyl (C=O) groups excluding carboxylic acids is 2. The lowest BCUT2D eigenvalue weighted by atomic mass is 9.72. The van der Waals surface area contributed by atoms with Crippen molar-refractivity contribution in [1.29, 1.82) is 0 Å². The van der Waals surface area contributed by atoms with Crippen molar-refractivity contribution in [2.24, 2.45) is 35.5 Å². The molecule has 1 aliphatic heterocycles. The average Bonchev–Trinajstić information content (AvgIpc) is 3.03. The molecular formula is C14H14O3. The van der Waals surface area contributed by atoms with E-state index in [1.807, 2.05) is 0 Å². The summed E-state index contributed by atoms with van der Waals surface area (Å²) in [7, 11) is 0. The van der Waals surface area contributed by atoms with Crippen molar-refractivity contribution in [2.75, 3.05) is 0 Å². The number of allylic oxidation sites excluding steroid dienone is 2. The van der Waals surface area contributed by atoms with Gasteiger partial charge in [0.05, 0.1) is 11.8 Å². The SMILES string of the molecule is O=C1OC(=O)C2C3CC(C4=C3C3CCC4C3)C12. The van der Waals surface area contributed by atoms with Gasteiger partial charge in [-0.25, -0.2) is 0 Å². The van der Waals surface area contributed by atoms with E-state index in [9.17, 15) is 9.59 Å². The molecule has 0 aromatic carbocycles. The van der Waals surface area contributed by atoms with Crippen LogP contribution in [-0.4, -0.2) is 11.9 Å². The summed E-state index contributed by atoms with van der Waals surface area (Å²) in [6, 6.07) is 0. The van der Waals surface area contributed by atoms with Crippen LogP contribution in [0, 0.1) is 35.5 Å². The van der Waals surface area contributed by atoms with Crippen LogP contribution in [0.15, 0.2) is 11.1 Å². The molecule has 4 aliphatic carbocycles. The molecule has 0 aromatic rings. The van der Waals surface area contributed by atoms with Crippen molar-refractivity contribution in [3.63, 3.8) is 0 Å². The van der Waals surface area contributed by atoms with Gasteiger partial charge in [-0.2, -0.15) is 0 Å². The van der Waals surface area contributed by atoms with Gasteiger partial charge in [0, 0.05) is 0 Å². The van der Waals surface area contributed by atoms with E-state index >= 15 is 0 Å². The van der Waals surface area contributed by atoms with Crippen molar-refractivity contribution >= 4 is 11.9 Å². The smallest absolute Gasteiger partial charge is 0.318 e. The fourth-order valence-corrected chi connectivity index (χ4v) is 5.62. The lowest BCUT2D eigenvalue weighted by Crippen LogP contribution is -2.29. The van der Waals surface area contributed by atoms with Gasteiger partial charge in [0.2, 0.25) is 0 Å². The largest absolute Gasteiger partial charge is 0.393 e. The van der Waals surface area contributed by atoms with Crippen LogP contribution in [0.5, 0.6) is 0 Å². The molecule has 0 aromatic heterocycles. The Labute approximate surface area is 99.2 Å². The first-order valence-corrected chi connectivity index (χ1v) is 6.75. The summed E-state index contributed by atoms with van der Waals surface area (Å²) in [6.45, 7) is 0. The first kappa shape index (κ1) is 8.90. The van der Waals surface area contributed by atoms with Crippen LogP contribution in [0.3, 0.4) is 0 Å². The van der Waals surface area contributed by atoms with Crippen molar-refractivity contribution in [3.05, 3.63) is 11.1 Å².